The van der Waals surface area contributed by atoms with Gasteiger partial charge < -0.3 is 4.74 Å². The molecule has 3 aromatic rings. The first-order valence-corrected chi connectivity index (χ1v) is 12.6. The van der Waals surface area contributed by atoms with Crippen molar-refractivity contribution in [3.8, 4) is 5.88 Å². The summed E-state index contributed by atoms with van der Waals surface area (Å²) in [6.07, 6.45) is 13.1. The van der Waals surface area contributed by atoms with Crippen LogP contribution in [0.4, 0.5) is 11.4 Å². The highest BCUT2D eigenvalue weighted by atomic mass is 16.5. The molecule has 4 heteroatoms. The number of ether oxygens (including phenoxy) is 1. The van der Waals surface area contributed by atoms with E-state index in [1.165, 1.54) is 47.3 Å². The lowest BCUT2D eigenvalue weighted by Crippen LogP contribution is -2.31. The monoisotopic (exact) mass is 463 g/mol. The Labute approximate surface area is 208 Å². The number of anilines is 1. The van der Waals surface area contributed by atoms with Crippen LogP contribution >= 0.6 is 0 Å². The molecule has 0 amide bonds. The second-order valence-electron chi connectivity index (χ2n) is 9.34. The van der Waals surface area contributed by atoms with Crippen LogP contribution in [0.2, 0.25) is 0 Å². The van der Waals surface area contributed by atoms with Crippen LogP contribution in [0.3, 0.4) is 0 Å². The van der Waals surface area contributed by atoms with E-state index in [1.807, 2.05) is 6.20 Å². The molecule has 5 rings (SSSR count). The molecule has 1 saturated carbocycles. The van der Waals surface area contributed by atoms with E-state index < -0.39 is 0 Å². The molecule has 1 aliphatic carbocycles. The fraction of sp³-hybridized carbons (Fsp3) is 0.290. The van der Waals surface area contributed by atoms with Crippen molar-refractivity contribution in [2.75, 3.05) is 12.0 Å². The number of methoxy groups -OCH3 is 1. The summed E-state index contributed by atoms with van der Waals surface area (Å²) >= 11 is 0. The number of pyridine rings is 1. The Morgan fingerprint density at radius 3 is 2.46 bits per heavy atom. The predicted molar refractivity (Wildman–Crippen MR) is 147 cm³/mol. The molecule has 2 heterocycles. The third kappa shape index (κ3) is 4.29. The van der Waals surface area contributed by atoms with E-state index in [4.69, 9.17) is 9.73 Å². The molecule has 0 saturated heterocycles. The van der Waals surface area contributed by atoms with Crippen molar-refractivity contribution in [2.45, 2.75) is 52.4 Å². The maximum absolute atomic E-state index is 5.66. The van der Waals surface area contributed by atoms with Crippen molar-refractivity contribution in [2.24, 2.45) is 4.99 Å². The van der Waals surface area contributed by atoms with Crippen LogP contribution in [0.5, 0.6) is 5.88 Å². The molecule has 4 nitrogen and oxygen atoms in total. The first-order valence-electron chi connectivity index (χ1n) is 12.6. The zero-order valence-electron chi connectivity index (χ0n) is 21.1. The summed E-state index contributed by atoms with van der Waals surface area (Å²) in [4.78, 5) is 12.0. The van der Waals surface area contributed by atoms with Gasteiger partial charge in [-0.15, -0.1) is 0 Å². The van der Waals surface area contributed by atoms with Crippen molar-refractivity contribution in [1.29, 1.82) is 0 Å². The van der Waals surface area contributed by atoms with E-state index >= 15 is 0 Å². The molecule has 2 aliphatic rings. The molecule has 35 heavy (non-hydrogen) atoms. The fourth-order valence-corrected chi connectivity index (χ4v) is 5.15. The van der Waals surface area contributed by atoms with Crippen LogP contribution < -0.4 is 9.64 Å². The minimum Gasteiger partial charge on any atom is -0.481 e. The van der Waals surface area contributed by atoms with Gasteiger partial charge in [-0.05, 0) is 73.9 Å². The summed E-state index contributed by atoms with van der Waals surface area (Å²) < 4.78 is 5.66. The molecule has 0 atom stereocenters. The first-order chi connectivity index (χ1) is 17.1. The Hall–Kier alpha value is -3.66. The number of nitrogens with zero attached hydrogens (tertiary/aromatic N) is 3. The molecule has 0 bridgehead atoms. The normalized spacial score (nSPS) is 16.9. The summed E-state index contributed by atoms with van der Waals surface area (Å²) in [6, 6.07) is 17.0. The van der Waals surface area contributed by atoms with Gasteiger partial charge in [0.15, 0.2) is 0 Å². The smallest absolute Gasteiger partial charge is 0.217 e. The van der Waals surface area contributed by atoms with Gasteiger partial charge in [0.05, 0.1) is 24.2 Å². The van der Waals surface area contributed by atoms with Gasteiger partial charge in [-0.1, -0.05) is 61.9 Å². The highest BCUT2D eigenvalue weighted by molar-refractivity contribution is 6.20. The third-order valence-electron chi connectivity index (χ3n) is 7.05. The molecule has 2 aromatic carbocycles. The largest absolute Gasteiger partial charge is 0.481 e. The average Bonchev–Trinajstić information content (AvgIpc) is 2.83. The molecule has 178 valence electrons. The molecule has 0 spiro atoms. The number of aromatic nitrogens is 1. The number of fused-ring (bicyclic) bond motifs is 1. The number of amidine groups is 1. The molecule has 1 aromatic heterocycles. The number of hydrogen-bond acceptors (Lipinski definition) is 4. The molecule has 1 fully saturated rings. The Bertz CT molecular complexity index is 1310. The topological polar surface area (TPSA) is 37.7 Å². The quantitative estimate of drug-likeness (QED) is 0.372. The second-order valence-corrected chi connectivity index (χ2v) is 9.34. The lowest BCUT2D eigenvalue weighted by molar-refractivity contribution is 0.361. The number of benzene rings is 2. The Morgan fingerprint density at radius 1 is 1.00 bits per heavy atom. The molecule has 0 N–H and O–H groups in total. The number of aliphatic imine (C=N–C) groups is 1. The van der Waals surface area contributed by atoms with E-state index in [9.17, 15) is 0 Å². The molecular formula is C31H33N3O. The molecule has 1 aliphatic heterocycles. The minimum absolute atomic E-state index is 0.512. The number of para-hydroxylation sites is 2. The van der Waals surface area contributed by atoms with Gasteiger partial charge in [-0.25, -0.2) is 9.98 Å². The van der Waals surface area contributed by atoms with Gasteiger partial charge >= 0.3 is 0 Å². The summed E-state index contributed by atoms with van der Waals surface area (Å²) in [6.45, 7) is 6.54. The maximum Gasteiger partial charge on any atom is 0.217 e. The van der Waals surface area contributed by atoms with Crippen LogP contribution in [-0.4, -0.2) is 17.9 Å². The zero-order valence-corrected chi connectivity index (χ0v) is 21.1. The SMILES string of the molecule is CC/C=C1\c2ccccc2N=C(/C=C/c2ccnc(OC)c2C2CCC2)N1c1c(C)cccc1C. The van der Waals surface area contributed by atoms with Gasteiger partial charge in [0.1, 0.15) is 5.84 Å². The van der Waals surface area contributed by atoms with Gasteiger partial charge in [-0.2, -0.15) is 0 Å². The highest BCUT2D eigenvalue weighted by Gasteiger charge is 2.28. The first kappa shape index (κ1) is 23.1. The standard InChI is InChI=1S/C31H33N3O/c1-5-10-27-25-15-6-7-16-26(25)33-28(34(27)30-21(2)11-8-12-22(30)3)18-17-24-19-20-32-31(35-4)29(24)23-13-9-14-23/h6-8,10-12,15-20,23H,5,9,13-14H2,1-4H3/b18-17+,27-10+. The van der Waals surface area contributed by atoms with E-state index in [0.29, 0.717) is 5.92 Å². The van der Waals surface area contributed by atoms with Crippen LogP contribution in [0.15, 0.2) is 71.9 Å². The van der Waals surface area contributed by atoms with Crippen LogP contribution in [0.25, 0.3) is 11.8 Å². The van der Waals surface area contributed by atoms with Crippen LogP contribution in [-0.2, 0) is 0 Å². The third-order valence-corrected chi connectivity index (χ3v) is 7.05. The zero-order chi connectivity index (χ0) is 24.4. The number of rotatable bonds is 6. The summed E-state index contributed by atoms with van der Waals surface area (Å²) in [5.74, 6) is 2.17. The number of aryl methyl sites for hydroxylation is 2. The Balaban J connectivity index is 1.67. The fourth-order valence-electron chi connectivity index (χ4n) is 5.15. The maximum atomic E-state index is 5.66. The minimum atomic E-state index is 0.512. The summed E-state index contributed by atoms with van der Waals surface area (Å²) in [7, 11) is 1.71. The average molecular weight is 464 g/mol. The lowest BCUT2D eigenvalue weighted by Gasteiger charge is -2.34. The van der Waals surface area contributed by atoms with Crippen molar-refractivity contribution >= 4 is 29.0 Å². The molecular weight excluding hydrogens is 430 g/mol. The lowest BCUT2D eigenvalue weighted by atomic mass is 9.78. The van der Waals surface area contributed by atoms with Gasteiger partial charge in [0.2, 0.25) is 5.88 Å². The summed E-state index contributed by atoms with van der Waals surface area (Å²) in [5.41, 5.74) is 9.37. The Kier molecular flexibility index (Phi) is 6.54. The van der Waals surface area contributed by atoms with Crippen LogP contribution in [0, 0.1) is 13.8 Å². The van der Waals surface area contributed by atoms with E-state index in [-0.39, 0.29) is 0 Å². The van der Waals surface area contributed by atoms with E-state index in [2.05, 4.69) is 97.4 Å². The Morgan fingerprint density at radius 2 is 1.77 bits per heavy atom. The van der Waals surface area contributed by atoms with Crippen molar-refractivity contribution in [1.82, 2.24) is 4.98 Å². The summed E-state index contributed by atoms with van der Waals surface area (Å²) in [5, 5.41) is 0. The van der Waals surface area contributed by atoms with Gasteiger partial charge in [0, 0.05) is 17.3 Å². The predicted octanol–water partition coefficient (Wildman–Crippen LogP) is 7.99. The van der Waals surface area contributed by atoms with Crippen molar-refractivity contribution in [3.63, 3.8) is 0 Å². The highest BCUT2D eigenvalue weighted by Crippen LogP contribution is 2.43. The van der Waals surface area contributed by atoms with E-state index in [1.54, 1.807) is 7.11 Å². The number of hydrogen-bond donors (Lipinski definition) is 0. The van der Waals surface area contributed by atoms with Gasteiger partial charge in [-0.3, -0.25) is 4.90 Å². The second kappa shape index (κ2) is 9.91. The van der Waals surface area contributed by atoms with Crippen molar-refractivity contribution in [3.05, 3.63) is 94.7 Å². The number of allylic oxidation sites excluding steroid dienone is 1. The van der Waals surface area contributed by atoms with E-state index in [0.717, 1.165) is 35.0 Å². The molecule has 0 radical (unpaired) electrons. The van der Waals surface area contributed by atoms with Crippen molar-refractivity contribution < 1.29 is 4.74 Å². The molecule has 0 unspecified atom stereocenters. The van der Waals surface area contributed by atoms with Gasteiger partial charge in [0.25, 0.3) is 0 Å². The van der Waals surface area contributed by atoms with Crippen LogP contribution in [0.1, 0.15) is 66.3 Å².